The Kier molecular flexibility index (Phi) is 4.22. The van der Waals surface area contributed by atoms with Gasteiger partial charge in [0.2, 0.25) is 0 Å². The van der Waals surface area contributed by atoms with Crippen LogP contribution in [0.3, 0.4) is 0 Å². The highest BCUT2D eigenvalue weighted by atomic mass is 16.4. The predicted octanol–water partition coefficient (Wildman–Crippen LogP) is 7.02. The Morgan fingerprint density at radius 2 is 1.47 bits per heavy atom. The highest BCUT2D eigenvalue weighted by Crippen LogP contribution is 2.40. The third-order valence-electron chi connectivity index (χ3n) is 5.41. The van der Waals surface area contributed by atoms with Crippen molar-refractivity contribution in [1.29, 1.82) is 0 Å². The molecule has 3 heteroatoms. The average molecular weight is 390 g/mol. The van der Waals surface area contributed by atoms with Crippen molar-refractivity contribution in [2.24, 2.45) is 0 Å². The minimum atomic E-state index is -1.03. The van der Waals surface area contributed by atoms with Gasteiger partial charge in [0, 0.05) is 16.3 Å². The maximum Gasteiger partial charge on any atom is 0.335 e. The zero-order valence-corrected chi connectivity index (χ0v) is 16.1. The molecule has 0 amide bonds. The molecule has 0 aliphatic carbocycles. The Balaban J connectivity index is 1.83. The Labute approximate surface area is 173 Å². The number of rotatable bonds is 4. The van der Waals surface area contributed by atoms with Gasteiger partial charge in [0.15, 0.2) is 0 Å². The van der Waals surface area contributed by atoms with Gasteiger partial charge in [-0.25, -0.2) is 4.79 Å². The van der Waals surface area contributed by atoms with Gasteiger partial charge >= 0.3 is 5.97 Å². The average Bonchev–Trinajstić information content (AvgIpc) is 3.17. The Morgan fingerprint density at radius 3 is 2.27 bits per heavy atom. The van der Waals surface area contributed by atoms with Crippen LogP contribution in [0, 0.1) is 0 Å². The zero-order valence-electron chi connectivity index (χ0n) is 16.1. The number of para-hydroxylation sites is 2. The Hall–Kier alpha value is -4.11. The lowest BCUT2D eigenvalue weighted by Gasteiger charge is -2.13. The number of hydrogen-bond acceptors (Lipinski definition) is 2. The number of benzene rings is 4. The highest BCUT2D eigenvalue weighted by Gasteiger charge is 2.17. The third kappa shape index (κ3) is 2.88. The molecule has 1 heterocycles. The molecule has 1 aromatic heterocycles. The van der Waals surface area contributed by atoms with Crippen molar-refractivity contribution in [3.05, 3.63) is 103 Å². The summed E-state index contributed by atoms with van der Waals surface area (Å²) in [4.78, 5) is 11.5. The molecule has 30 heavy (non-hydrogen) atoms. The molecule has 0 radical (unpaired) electrons. The fourth-order valence-electron chi connectivity index (χ4n) is 3.91. The van der Waals surface area contributed by atoms with Crippen molar-refractivity contribution in [1.82, 2.24) is 0 Å². The van der Waals surface area contributed by atoms with Gasteiger partial charge in [-0.2, -0.15) is 0 Å². The molecule has 1 N–H and O–H groups in total. The molecule has 0 saturated carbocycles. The maximum absolute atomic E-state index is 11.5. The van der Waals surface area contributed by atoms with Crippen LogP contribution in [0.2, 0.25) is 0 Å². The fourth-order valence-corrected chi connectivity index (χ4v) is 3.91. The monoisotopic (exact) mass is 390 g/mol. The first-order valence-corrected chi connectivity index (χ1v) is 9.66. The van der Waals surface area contributed by atoms with E-state index in [1.54, 1.807) is 6.07 Å². The molecule has 5 aromatic rings. The zero-order chi connectivity index (χ0) is 20.7. The summed E-state index contributed by atoms with van der Waals surface area (Å²) in [6.07, 6.45) is 0. The van der Waals surface area contributed by atoms with E-state index in [0.29, 0.717) is 5.56 Å². The molecular weight excluding hydrogens is 372 g/mol. The van der Waals surface area contributed by atoms with Crippen molar-refractivity contribution >= 4 is 33.5 Å². The second kappa shape index (κ2) is 7.05. The second-order valence-corrected chi connectivity index (χ2v) is 7.19. The number of aliphatic carboxylic acids is 1. The summed E-state index contributed by atoms with van der Waals surface area (Å²) in [6, 6.07) is 29.7. The standard InChI is InChI=1S/C27H18O3/c1-17(27(28)29)19-14-15-20(18-8-3-2-4-9-18)24(16-19)23-12-7-11-22-21-10-5-6-13-25(21)30-26(22)23/h2-16H,1H2,(H,28,29). The summed E-state index contributed by atoms with van der Waals surface area (Å²) in [6.45, 7) is 3.74. The first kappa shape index (κ1) is 18.0. The van der Waals surface area contributed by atoms with Crippen molar-refractivity contribution in [3.63, 3.8) is 0 Å². The van der Waals surface area contributed by atoms with E-state index in [1.807, 2.05) is 84.9 Å². The van der Waals surface area contributed by atoms with Gasteiger partial charge in [0.1, 0.15) is 11.2 Å². The fraction of sp³-hybridized carbons (Fsp3) is 0. The first-order valence-electron chi connectivity index (χ1n) is 9.66. The summed E-state index contributed by atoms with van der Waals surface area (Å²) in [5, 5.41) is 11.5. The van der Waals surface area contributed by atoms with E-state index in [2.05, 4.69) is 6.58 Å². The Morgan fingerprint density at radius 1 is 0.733 bits per heavy atom. The van der Waals surface area contributed by atoms with Crippen LogP contribution in [0.1, 0.15) is 5.56 Å². The van der Waals surface area contributed by atoms with Crippen molar-refractivity contribution in [3.8, 4) is 22.3 Å². The van der Waals surface area contributed by atoms with E-state index in [-0.39, 0.29) is 5.57 Å². The molecule has 0 spiro atoms. The molecule has 4 aromatic carbocycles. The van der Waals surface area contributed by atoms with E-state index < -0.39 is 5.97 Å². The number of furan rings is 1. The van der Waals surface area contributed by atoms with E-state index in [0.717, 1.165) is 44.2 Å². The van der Waals surface area contributed by atoms with Crippen LogP contribution >= 0.6 is 0 Å². The number of fused-ring (bicyclic) bond motifs is 3. The molecule has 0 fully saturated rings. The molecule has 144 valence electrons. The SMILES string of the molecule is C=C(C(=O)O)c1ccc(-c2ccccc2)c(-c2cccc3c2oc2ccccc23)c1. The molecular formula is C27H18O3. The molecule has 0 aliphatic heterocycles. The van der Waals surface area contributed by atoms with Gasteiger partial charge < -0.3 is 9.52 Å². The van der Waals surface area contributed by atoms with E-state index in [9.17, 15) is 9.90 Å². The van der Waals surface area contributed by atoms with Gasteiger partial charge in [0.05, 0.1) is 5.57 Å². The van der Waals surface area contributed by atoms with Crippen molar-refractivity contribution in [2.75, 3.05) is 0 Å². The topological polar surface area (TPSA) is 50.4 Å². The maximum atomic E-state index is 11.5. The third-order valence-corrected chi connectivity index (χ3v) is 5.41. The normalized spacial score (nSPS) is 11.1. The largest absolute Gasteiger partial charge is 0.478 e. The van der Waals surface area contributed by atoms with Gasteiger partial charge in [-0.15, -0.1) is 0 Å². The van der Waals surface area contributed by atoms with E-state index in [1.165, 1.54) is 0 Å². The van der Waals surface area contributed by atoms with Crippen LogP contribution in [-0.4, -0.2) is 11.1 Å². The molecule has 0 unspecified atom stereocenters. The van der Waals surface area contributed by atoms with Gasteiger partial charge in [-0.05, 0) is 34.4 Å². The van der Waals surface area contributed by atoms with Crippen LogP contribution in [0.5, 0.6) is 0 Å². The molecule has 0 saturated heterocycles. The summed E-state index contributed by atoms with van der Waals surface area (Å²) in [7, 11) is 0. The first-order chi connectivity index (χ1) is 14.6. The Bertz CT molecular complexity index is 1430. The molecule has 0 bridgehead atoms. The summed E-state index contributed by atoms with van der Waals surface area (Å²) < 4.78 is 6.24. The smallest absolute Gasteiger partial charge is 0.335 e. The van der Waals surface area contributed by atoms with Crippen LogP contribution in [0.4, 0.5) is 0 Å². The number of carboxylic acid groups (broad SMARTS) is 1. The van der Waals surface area contributed by atoms with Crippen molar-refractivity contribution < 1.29 is 14.3 Å². The lowest BCUT2D eigenvalue weighted by molar-refractivity contribution is -0.130. The van der Waals surface area contributed by atoms with Gasteiger partial charge in [-0.1, -0.05) is 85.4 Å². The molecule has 0 atom stereocenters. The van der Waals surface area contributed by atoms with E-state index >= 15 is 0 Å². The van der Waals surface area contributed by atoms with E-state index in [4.69, 9.17) is 4.42 Å². The summed E-state index contributed by atoms with van der Waals surface area (Å²) in [5.74, 6) is -1.03. The van der Waals surface area contributed by atoms with Crippen LogP contribution in [0.25, 0.3) is 49.8 Å². The van der Waals surface area contributed by atoms with Crippen LogP contribution < -0.4 is 0 Å². The number of carboxylic acids is 1. The minimum Gasteiger partial charge on any atom is -0.478 e. The predicted molar refractivity (Wildman–Crippen MR) is 121 cm³/mol. The molecule has 3 nitrogen and oxygen atoms in total. The molecule has 0 aliphatic rings. The molecule has 5 rings (SSSR count). The van der Waals surface area contributed by atoms with Gasteiger partial charge in [0.25, 0.3) is 0 Å². The number of hydrogen-bond donors (Lipinski definition) is 1. The lowest BCUT2D eigenvalue weighted by atomic mass is 9.90. The minimum absolute atomic E-state index is 0.0626. The summed E-state index contributed by atoms with van der Waals surface area (Å²) >= 11 is 0. The quantitative estimate of drug-likeness (QED) is 0.336. The van der Waals surface area contributed by atoms with Crippen LogP contribution in [-0.2, 0) is 4.79 Å². The lowest BCUT2D eigenvalue weighted by Crippen LogP contribution is -1.99. The van der Waals surface area contributed by atoms with Crippen molar-refractivity contribution in [2.45, 2.75) is 0 Å². The number of carbonyl (C=O) groups is 1. The highest BCUT2D eigenvalue weighted by molar-refractivity contribution is 6.15. The van der Waals surface area contributed by atoms with Crippen LogP contribution in [0.15, 0.2) is 102 Å². The second-order valence-electron chi connectivity index (χ2n) is 7.19. The summed E-state index contributed by atoms with van der Waals surface area (Å²) in [5.41, 5.74) is 6.13. The van der Waals surface area contributed by atoms with Gasteiger partial charge in [-0.3, -0.25) is 0 Å².